The summed E-state index contributed by atoms with van der Waals surface area (Å²) in [7, 11) is -3.97. The number of halogens is 1. The number of aliphatic hydroxyl groups is 1. The molecule has 0 bridgehead atoms. The molecule has 0 radical (unpaired) electrons. The molecule has 8 nitrogen and oxygen atoms in total. The topological polar surface area (TPSA) is 120 Å². The van der Waals surface area contributed by atoms with Gasteiger partial charge in [0.05, 0.1) is 17.0 Å². The third-order valence-corrected chi connectivity index (χ3v) is 7.79. The summed E-state index contributed by atoms with van der Waals surface area (Å²) < 4.78 is 40.2. The van der Waals surface area contributed by atoms with Crippen LogP contribution in [0.1, 0.15) is 37.0 Å². The van der Waals surface area contributed by atoms with Crippen molar-refractivity contribution in [1.29, 1.82) is 0 Å². The molecular weight excluding hydrogens is 483 g/mol. The SMILES string of the molecule is C[C@H](NS(=O)(=O)c1ccc(F)cc1)C(=O)Nc1ccc(C[C@@H]2CC[C@H](C(O)c3cccnc3)N2)cc1. The van der Waals surface area contributed by atoms with Crippen molar-refractivity contribution in [2.45, 2.75) is 55.3 Å². The minimum Gasteiger partial charge on any atom is -0.387 e. The van der Waals surface area contributed by atoms with Gasteiger partial charge in [-0.15, -0.1) is 0 Å². The zero-order valence-electron chi connectivity index (χ0n) is 19.8. The Morgan fingerprint density at radius 1 is 1.14 bits per heavy atom. The molecule has 4 N–H and O–H groups in total. The van der Waals surface area contributed by atoms with Gasteiger partial charge in [-0.1, -0.05) is 18.2 Å². The highest BCUT2D eigenvalue weighted by atomic mass is 32.2. The first-order chi connectivity index (χ1) is 17.2. The summed E-state index contributed by atoms with van der Waals surface area (Å²) in [5.74, 6) is -1.06. The Morgan fingerprint density at radius 2 is 1.86 bits per heavy atom. The van der Waals surface area contributed by atoms with Crippen LogP contribution in [0.25, 0.3) is 0 Å². The maximum atomic E-state index is 13.1. The van der Waals surface area contributed by atoms with Gasteiger partial charge < -0.3 is 15.7 Å². The van der Waals surface area contributed by atoms with E-state index in [0.717, 1.165) is 54.7 Å². The molecule has 1 unspecified atom stereocenters. The second-order valence-electron chi connectivity index (χ2n) is 8.97. The Morgan fingerprint density at radius 3 is 2.53 bits per heavy atom. The molecular formula is C26H29FN4O4S. The number of hydrogen-bond acceptors (Lipinski definition) is 6. The molecule has 1 aliphatic rings. The average molecular weight is 513 g/mol. The first-order valence-corrected chi connectivity index (χ1v) is 13.2. The van der Waals surface area contributed by atoms with E-state index in [-0.39, 0.29) is 17.0 Å². The van der Waals surface area contributed by atoms with E-state index in [1.54, 1.807) is 24.5 Å². The van der Waals surface area contributed by atoms with E-state index in [1.807, 2.05) is 24.3 Å². The van der Waals surface area contributed by atoms with Crippen LogP contribution in [0.2, 0.25) is 0 Å². The van der Waals surface area contributed by atoms with Crippen LogP contribution in [0.3, 0.4) is 0 Å². The van der Waals surface area contributed by atoms with Gasteiger partial charge in [0.2, 0.25) is 15.9 Å². The van der Waals surface area contributed by atoms with Crippen molar-refractivity contribution < 1.29 is 22.7 Å². The molecule has 36 heavy (non-hydrogen) atoms. The second-order valence-corrected chi connectivity index (χ2v) is 10.7. The van der Waals surface area contributed by atoms with Crippen LogP contribution in [0.4, 0.5) is 10.1 Å². The van der Waals surface area contributed by atoms with E-state index in [9.17, 15) is 22.7 Å². The first-order valence-electron chi connectivity index (χ1n) is 11.7. The Balaban J connectivity index is 1.28. The molecule has 0 spiro atoms. The van der Waals surface area contributed by atoms with Crippen LogP contribution in [-0.2, 0) is 21.2 Å². The van der Waals surface area contributed by atoms with Crippen LogP contribution < -0.4 is 15.4 Å². The maximum Gasteiger partial charge on any atom is 0.242 e. The van der Waals surface area contributed by atoms with Crippen LogP contribution in [0.5, 0.6) is 0 Å². The number of pyridine rings is 1. The largest absolute Gasteiger partial charge is 0.387 e. The molecule has 0 aliphatic carbocycles. The van der Waals surface area contributed by atoms with E-state index in [1.165, 1.54) is 6.92 Å². The standard InChI is InChI=1S/C26H29FN4O4S/c1-17(31-36(34,35)23-11-6-20(27)7-12-23)26(33)30-21-8-4-18(5-9-21)15-22-10-13-24(29-22)25(32)19-3-2-14-28-16-19/h2-9,11-12,14,16-17,22,24-25,29,31-32H,10,13,15H2,1H3,(H,30,33)/t17-,22-,24+,25?/m0/s1. The number of carbonyl (C=O) groups is 1. The van der Waals surface area contributed by atoms with Gasteiger partial charge in [-0.25, -0.2) is 12.8 Å². The molecule has 1 saturated heterocycles. The average Bonchev–Trinajstić information content (AvgIpc) is 3.33. The molecule has 1 amide bonds. The zero-order valence-corrected chi connectivity index (χ0v) is 20.6. The van der Waals surface area contributed by atoms with Crippen molar-refractivity contribution in [2.75, 3.05) is 5.32 Å². The summed E-state index contributed by atoms with van der Waals surface area (Å²) in [6, 6.07) is 14.6. The van der Waals surface area contributed by atoms with Crippen LogP contribution in [-0.4, -0.2) is 42.5 Å². The van der Waals surface area contributed by atoms with Crippen molar-refractivity contribution in [3.63, 3.8) is 0 Å². The number of benzene rings is 2. The number of nitrogens with zero attached hydrogens (tertiary/aromatic N) is 1. The Labute approximate surface area is 210 Å². The molecule has 0 saturated carbocycles. The van der Waals surface area contributed by atoms with Crippen molar-refractivity contribution in [3.05, 3.63) is 90.0 Å². The molecule has 1 aromatic heterocycles. The number of anilines is 1. The number of carbonyl (C=O) groups excluding carboxylic acids is 1. The maximum absolute atomic E-state index is 13.1. The lowest BCUT2D eigenvalue weighted by molar-refractivity contribution is -0.117. The summed E-state index contributed by atoms with van der Waals surface area (Å²) >= 11 is 0. The molecule has 2 heterocycles. The highest BCUT2D eigenvalue weighted by Crippen LogP contribution is 2.26. The van der Waals surface area contributed by atoms with Gasteiger partial charge in [0, 0.05) is 35.7 Å². The van der Waals surface area contributed by atoms with Gasteiger partial charge in [0.1, 0.15) is 5.82 Å². The quantitative estimate of drug-likeness (QED) is 0.350. The fourth-order valence-corrected chi connectivity index (χ4v) is 5.47. The Kier molecular flexibility index (Phi) is 8.10. The molecule has 1 aliphatic heterocycles. The van der Waals surface area contributed by atoms with Gasteiger partial charge in [-0.05, 0) is 74.2 Å². The lowest BCUT2D eigenvalue weighted by atomic mass is 10.0. The molecule has 3 aromatic rings. The second kappa shape index (κ2) is 11.3. The Hall–Kier alpha value is -3.18. The fourth-order valence-electron chi connectivity index (χ4n) is 4.27. The van der Waals surface area contributed by atoms with Gasteiger partial charge in [-0.3, -0.25) is 9.78 Å². The van der Waals surface area contributed by atoms with Crippen LogP contribution >= 0.6 is 0 Å². The third-order valence-electron chi connectivity index (χ3n) is 6.24. The van der Waals surface area contributed by atoms with Gasteiger partial charge in [-0.2, -0.15) is 4.72 Å². The predicted octanol–water partition coefficient (Wildman–Crippen LogP) is 2.92. The summed E-state index contributed by atoms with van der Waals surface area (Å²) in [4.78, 5) is 16.5. The molecule has 4 atom stereocenters. The fraction of sp³-hybridized carbons (Fsp3) is 0.308. The summed E-state index contributed by atoms with van der Waals surface area (Å²) in [6.07, 6.45) is 5.33. The molecule has 190 valence electrons. The molecule has 4 rings (SSSR count). The van der Waals surface area contributed by atoms with E-state index < -0.39 is 33.9 Å². The zero-order chi connectivity index (χ0) is 25.7. The molecule has 2 aromatic carbocycles. The van der Waals surface area contributed by atoms with Gasteiger partial charge >= 0.3 is 0 Å². The summed E-state index contributed by atoms with van der Waals surface area (Å²) in [6.45, 7) is 1.44. The van der Waals surface area contributed by atoms with Gasteiger partial charge in [0.25, 0.3) is 0 Å². The number of aliphatic hydroxyl groups excluding tert-OH is 1. The number of hydrogen-bond donors (Lipinski definition) is 4. The summed E-state index contributed by atoms with van der Waals surface area (Å²) in [5, 5.41) is 16.8. The summed E-state index contributed by atoms with van der Waals surface area (Å²) in [5.41, 5.74) is 2.41. The number of aromatic nitrogens is 1. The van der Waals surface area contributed by atoms with E-state index in [2.05, 4.69) is 20.3 Å². The van der Waals surface area contributed by atoms with Crippen molar-refractivity contribution in [1.82, 2.24) is 15.0 Å². The lowest BCUT2D eigenvalue weighted by Crippen LogP contribution is -2.41. The van der Waals surface area contributed by atoms with Crippen molar-refractivity contribution in [3.8, 4) is 0 Å². The van der Waals surface area contributed by atoms with E-state index >= 15 is 0 Å². The predicted molar refractivity (Wildman–Crippen MR) is 134 cm³/mol. The minimum atomic E-state index is -3.97. The van der Waals surface area contributed by atoms with Crippen molar-refractivity contribution >= 4 is 21.6 Å². The minimum absolute atomic E-state index is 0.0297. The monoisotopic (exact) mass is 512 g/mol. The van der Waals surface area contributed by atoms with Gasteiger partial charge in [0.15, 0.2) is 0 Å². The highest BCUT2D eigenvalue weighted by Gasteiger charge is 2.30. The molecule has 10 heteroatoms. The highest BCUT2D eigenvalue weighted by molar-refractivity contribution is 7.89. The van der Waals surface area contributed by atoms with Crippen LogP contribution in [0.15, 0.2) is 78.0 Å². The lowest BCUT2D eigenvalue weighted by Gasteiger charge is -2.20. The van der Waals surface area contributed by atoms with E-state index in [4.69, 9.17) is 0 Å². The number of nitrogens with one attached hydrogen (secondary N) is 3. The van der Waals surface area contributed by atoms with Crippen LogP contribution in [0, 0.1) is 5.82 Å². The molecule has 1 fully saturated rings. The smallest absolute Gasteiger partial charge is 0.242 e. The number of amides is 1. The van der Waals surface area contributed by atoms with Crippen molar-refractivity contribution in [2.24, 2.45) is 0 Å². The van der Waals surface area contributed by atoms with E-state index in [0.29, 0.717) is 5.69 Å². The third kappa shape index (κ3) is 6.52. The number of rotatable bonds is 9. The Bertz CT molecular complexity index is 1270. The first kappa shape index (κ1) is 25.9. The number of sulfonamides is 1. The normalized spacial score (nSPS) is 19.5.